The van der Waals surface area contributed by atoms with Crippen molar-refractivity contribution in [2.75, 3.05) is 18.5 Å². The Morgan fingerprint density at radius 2 is 1.83 bits per heavy atom. The van der Waals surface area contributed by atoms with Crippen molar-refractivity contribution in [3.8, 4) is 5.75 Å². The average molecular weight is 328 g/mol. The summed E-state index contributed by atoms with van der Waals surface area (Å²) in [5.74, 6) is 0.718. The molecule has 0 aliphatic heterocycles. The highest BCUT2D eigenvalue weighted by Gasteiger charge is 2.20. The van der Waals surface area contributed by atoms with Gasteiger partial charge in [-0.2, -0.15) is 5.23 Å². The van der Waals surface area contributed by atoms with Gasteiger partial charge in [0.1, 0.15) is 23.6 Å². The maximum atomic E-state index is 11.9. The largest absolute Gasteiger partial charge is 0.595 e. The van der Waals surface area contributed by atoms with Gasteiger partial charge in [0.05, 0.1) is 0 Å². The van der Waals surface area contributed by atoms with Gasteiger partial charge in [0.2, 0.25) is 0 Å². The van der Waals surface area contributed by atoms with Crippen LogP contribution in [0, 0.1) is 5.21 Å². The van der Waals surface area contributed by atoms with Crippen LogP contribution in [-0.2, 0) is 0 Å². The summed E-state index contributed by atoms with van der Waals surface area (Å²) in [6, 6.07) is 16.1. The summed E-state index contributed by atoms with van der Waals surface area (Å²) in [5, 5.41) is 22.9. The molecule has 124 valence electrons. The lowest BCUT2D eigenvalue weighted by Crippen LogP contribution is -3.00. The van der Waals surface area contributed by atoms with E-state index in [4.69, 9.17) is 9.15 Å². The second kappa shape index (κ2) is 7.14. The summed E-state index contributed by atoms with van der Waals surface area (Å²) in [4.78, 5) is 11.9. The van der Waals surface area contributed by atoms with Crippen LogP contribution in [0.1, 0.15) is 0 Å². The van der Waals surface area contributed by atoms with Crippen LogP contribution in [0.3, 0.4) is 0 Å². The van der Waals surface area contributed by atoms with E-state index in [1.807, 2.05) is 30.3 Å². The number of rotatable bonds is 6. The number of benzene rings is 2. The highest BCUT2D eigenvalue weighted by Crippen LogP contribution is 2.26. The van der Waals surface area contributed by atoms with Crippen molar-refractivity contribution >= 4 is 22.3 Å². The first-order valence-corrected chi connectivity index (χ1v) is 7.37. The van der Waals surface area contributed by atoms with Gasteiger partial charge >= 0.3 is 5.63 Å². The quantitative estimate of drug-likeness (QED) is 0.362. The van der Waals surface area contributed by atoms with Gasteiger partial charge in [0, 0.05) is 11.9 Å². The van der Waals surface area contributed by atoms with Crippen LogP contribution in [-0.4, -0.2) is 18.4 Å². The van der Waals surface area contributed by atoms with Crippen LogP contribution in [0.2, 0.25) is 0 Å². The summed E-state index contributed by atoms with van der Waals surface area (Å²) >= 11 is 0. The molecule has 1 atom stereocenters. The number of hydrogen-bond donors (Lipinski definition) is 3. The fourth-order valence-corrected chi connectivity index (χ4v) is 2.39. The fraction of sp³-hybridized carbons (Fsp3) is 0.118. The van der Waals surface area contributed by atoms with E-state index in [0.717, 1.165) is 5.75 Å². The Kier molecular flexibility index (Phi) is 4.76. The van der Waals surface area contributed by atoms with Crippen LogP contribution in [0.15, 0.2) is 63.8 Å². The van der Waals surface area contributed by atoms with E-state index in [0.29, 0.717) is 24.1 Å². The maximum absolute atomic E-state index is 11.9. The fourth-order valence-electron chi connectivity index (χ4n) is 2.39. The zero-order chi connectivity index (χ0) is 16.9. The lowest BCUT2D eigenvalue weighted by molar-refractivity contribution is -0.991. The minimum atomic E-state index is -1.33. The van der Waals surface area contributed by atoms with Gasteiger partial charge < -0.3 is 19.7 Å². The summed E-state index contributed by atoms with van der Waals surface area (Å²) in [6.07, 6.45) is 0. The predicted molar refractivity (Wildman–Crippen MR) is 88.7 cm³/mol. The SMILES string of the molecule is O=c1oc2ccccc2c(NCCOc2ccccc2)c1[NH+]([O-])O. The highest BCUT2D eigenvalue weighted by molar-refractivity contribution is 5.94. The van der Waals surface area contributed by atoms with Crippen LogP contribution in [0.5, 0.6) is 5.75 Å². The van der Waals surface area contributed by atoms with E-state index in [-0.39, 0.29) is 5.69 Å². The van der Waals surface area contributed by atoms with E-state index in [2.05, 4.69) is 5.32 Å². The number of nitrogens with one attached hydrogen (secondary N) is 2. The number of ether oxygens (including phenoxy) is 1. The summed E-state index contributed by atoms with van der Waals surface area (Å²) in [5.41, 5.74) is -0.717. The smallest absolute Gasteiger partial charge is 0.403 e. The van der Waals surface area contributed by atoms with Crippen LogP contribution in [0.25, 0.3) is 11.0 Å². The lowest BCUT2D eigenvalue weighted by Gasteiger charge is -2.17. The first-order chi connectivity index (χ1) is 11.7. The Hall–Kier alpha value is -2.87. The van der Waals surface area contributed by atoms with Crippen LogP contribution < -0.4 is 20.9 Å². The van der Waals surface area contributed by atoms with Gasteiger partial charge in [-0.15, -0.1) is 0 Å². The van der Waals surface area contributed by atoms with Crippen molar-refractivity contribution in [2.24, 2.45) is 0 Å². The molecule has 0 spiro atoms. The predicted octanol–water partition coefficient (Wildman–Crippen LogP) is 1.69. The van der Waals surface area contributed by atoms with E-state index >= 15 is 0 Å². The van der Waals surface area contributed by atoms with Gasteiger partial charge in [0.25, 0.3) is 5.69 Å². The molecule has 7 heteroatoms. The molecule has 1 heterocycles. The molecule has 3 aromatic rings. The van der Waals surface area contributed by atoms with E-state index in [1.165, 1.54) is 0 Å². The van der Waals surface area contributed by atoms with Crippen molar-refractivity contribution < 1.29 is 19.6 Å². The maximum Gasteiger partial charge on any atom is 0.403 e. The molecule has 0 fully saturated rings. The zero-order valence-electron chi connectivity index (χ0n) is 12.7. The molecule has 0 amide bonds. The summed E-state index contributed by atoms with van der Waals surface area (Å²) in [6.45, 7) is 0.653. The standard InChI is InChI=1S/C17H16N2O5/c20-17-16(19(21)22)15(13-8-4-5-9-14(13)24-17)18-10-11-23-12-6-2-1-3-7-12/h1-9,18-19,21H,10-11H2. The molecule has 0 saturated heterocycles. The molecule has 2 aromatic carbocycles. The Labute approximate surface area is 137 Å². The van der Waals surface area contributed by atoms with Gasteiger partial charge in [-0.25, -0.2) is 10.0 Å². The molecule has 0 saturated carbocycles. The second-order valence-electron chi connectivity index (χ2n) is 5.03. The minimum absolute atomic E-state index is 0.242. The number of para-hydroxylation sites is 2. The molecule has 0 aliphatic rings. The van der Waals surface area contributed by atoms with E-state index in [9.17, 15) is 15.2 Å². The van der Waals surface area contributed by atoms with Crippen molar-refractivity contribution in [1.29, 1.82) is 0 Å². The summed E-state index contributed by atoms with van der Waals surface area (Å²) in [7, 11) is 0. The Morgan fingerprint density at radius 3 is 2.58 bits per heavy atom. The molecule has 0 aliphatic carbocycles. The number of anilines is 1. The third kappa shape index (κ3) is 3.38. The van der Waals surface area contributed by atoms with Crippen LogP contribution >= 0.6 is 0 Å². The van der Waals surface area contributed by atoms with Gasteiger partial charge in [-0.05, 0) is 24.3 Å². The molecule has 0 bridgehead atoms. The molecular weight excluding hydrogens is 312 g/mol. The van der Waals surface area contributed by atoms with E-state index < -0.39 is 16.5 Å². The van der Waals surface area contributed by atoms with Crippen molar-refractivity contribution in [1.82, 2.24) is 0 Å². The molecule has 1 aromatic heterocycles. The van der Waals surface area contributed by atoms with Gasteiger partial charge in [-0.1, -0.05) is 30.3 Å². The van der Waals surface area contributed by atoms with Crippen LogP contribution in [0.4, 0.5) is 11.4 Å². The average Bonchev–Trinajstić information content (AvgIpc) is 2.58. The highest BCUT2D eigenvalue weighted by atomic mass is 16.8. The van der Waals surface area contributed by atoms with Crippen molar-refractivity contribution in [3.05, 3.63) is 70.2 Å². The first-order valence-electron chi connectivity index (χ1n) is 7.37. The first kappa shape index (κ1) is 16.0. The second-order valence-corrected chi connectivity index (χ2v) is 5.03. The third-order valence-corrected chi connectivity index (χ3v) is 3.44. The Bertz CT molecular complexity index is 877. The molecular formula is C17H16N2O5. The molecule has 0 radical (unpaired) electrons. The molecule has 24 heavy (non-hydrogen) atoms. The normalized spacial score (nSPS) is 12.1. The third-order valence-electron chi connectivity index (χ3n) is 3.44. The molecule has 3 N–H and O–H groups in total. The van der Waals surface area contributed by atoms with Crippen molar-refractivity contribution in [2.45, 2.75) is 0 Å². The zero-order valence-corrected chi connectivity index (χ0v) is 12.7. The number of quaternary nitrogens is 1. The molecule has 7 nitrogen and oxygen atoms in total. The minimum Gasteiger partial charge on any atom is -0.595 e. The Morgan fingerprint density at radius 1 is 1.12 bits per heavy atom. The van der Waals surface area contributed by atoms with Gasteiger partial charge in [0.15, 0.2) is 0 Å². The molecule has 1 unspecified atom stereocenters. The lowest BCUT2D eigenvalue weighted by atomic mass is 10.2. The van der Waals surface area contributed by atoms with Gasteiger partial charge in [-0.3, -0.25) is 0 Å². The van der Waals surface area contributed by atoms with E-state index in [1.54, 1.807) is 24.3 Å². The number of hydrogen-bond acceptors (Lipinski definition) is 6. The summed E-state index contributed by atoms with van der Waals surface area (Å²) < 4.78 is 10.6. The Balaban J connectivity index is 1.82. The molecule has 3 rings (SSSR count). The topological polar surface area (TPSA) is 99.2 Å². The number of fused-ring (bicyclic) bond motifs is 1. The van der Waals surface area contributed by atoms with Crippen molar-refractivity contribution in [3.63, 3.8) is 0 Å². The monoisotopic (exact) mass is 328 g/mol.